The maximum atomic E-state index is 12.3. The molecule has 1 aliphatic heterocycles. The van der Waals surface area contributed by atoms with Crippen molar-refractivity contribution in [1.29, 1.82) is 0 Å². The van der Waals surface area contributed by atoms with E-state index in [9.17, 15) is 4.79 Å². The topological polar surface area (TPSA) is 50.2 Å². The van der Waals surface area contributed by atoms with E-state index in [2.05, 4.69) is 21.4 Å². The van der Waals surface area contributed by atoms with Crippen molar-refractivity contribution in [3.8, 4) is 0 Å². The van der Waals surface area contributed by atoms with E-state index in [0.717, 1.165) is 24.5 Å². The molecule has 110 valence electrons. The first kappa shape index (κ1) is 13.7. The fourth-order valence-corrected chi connectivity index (χ4v) is 2.78. The fourth-order valence-electron chi connectivity index (χ4n) is 2.78. The highest BCUT2D eigenvalue weighted by atomic mass is 16.1. The van der Waals surface area contributed by atoms with E-state index in [1.807, 2.05) is 32.2 Å². The first-order valence-corrected chi connectivity index (χ1v) is 7.30. The van der Waals surface area contributed by atoms with Crippen LogP contribution < -0.4 is 10.2 Å². The van der Waals surface area contributed by atoms with Gasteiger partial charge in [0.05, 0.1) is 11.3 Å². The molecule has 0 spiro atoms. The van der Waals surface area contributed by atoms with Crippen molar-refractivity contribution in [1.82, 2.24) is 9.78 Å². The summed E-state index contributed by atoms with van der Waals surface area (Å²) in [4.78, 5) is 14.7. The Morgan fingerprint density at radius 2 is 2.05 bits per heavy atom. The second-order valence-electron chi connectivity index (χ2n) is 5.50. The zero-order chi connectivity index (χ0) is 14.8. The molecular weight excluding hydrogens is 264 g/mol. The molecule has 1 fully saturated rings. The lowest BCUT2D eigenvalue weighted by Crippen LogP contribution is -2.18. The predicted octanol–water partition coefficient (Wildman–Crippen LogP) is 2.58. The Morgan fingerprint density at radius 1 is 1.29 bits per heavy atom. The Labute approximate surface area is 124 Å². The molecule has 2 aromatic rings. The van der Waals surface area contributed by atoms with Crippen LogP contribution in [0.15, 0.2) is 30.5 Å². The molecule has 1 aromatic heterocycles. The zero-order valence-corrected chi connectivity index (χ0v) is 12.5. The van der Waals surface area contributed by atoms with Gasteiger partial charge in [-0.05, 0) is 38.0 Å². The van der Waals surface area contributed by atoms with Crippen LogP contribution in [0, 0.1) is 6.92 Å². The minimum Gasteiger partial charge on any atom is -0.371 e. The van der Waals surface area contributed by atoms with Gasteiger partial charge in [0.1, 0.15) is 0 Å². The van der Waals surface area contributed by atoms with E-state index < -0.39 is 0 Å². The molecule has 1 N–H and O–H groups in total. The lowest BCUT2D eigenvalue weighted by molar-refractivity contribution is 0.102. The van der Waals surface area contributed by atoms with Gasteiger partial charge in [0, 0.05) is 37.7 Å². The Morgan fingerprint density at radius 3 is 2.71 bits per heavy atom. The van der Waals surface area contributed by atoms with E-state index in [-0.39, 0.29) is 5.91 Å². The SMILES string of the molecule is Cc1nn(C)cc1C(=O)Nc1cccc(N2CCCC2)c1. The van der Waals surface area contributed by atoms with Crippen molar-refractivity contribution in [2.45, 2.75) is 19.8 Å². The number of nitrogens with zero attached hydrogens (tertiary/aromatic N) is 3. The lowest BCUT2D eigenvalue weighted by atomic mass is 10.2. The molecular formula is C16H20N4O. The van der Waals surface area contributed by atoms with E-state index in [1.165, 1.54) is 18.5 Å². The molecule has 0 atom stereocenters. The average Bonchev–Trinajstić information content (AvgIpc) is 3.08. The molecule has 2 heterocycles. The number of nitrogens with one attached hydrogen (secondary N) is 1. The number of benzene rings is 1. The summed E-state index contributed by atoms with van der Waals surface area (Å²) in [6, 6.07) is 8.04. The summed E-state index contributed by atoms with van der Waals surface area (Å²) in [5.74, 6) is -0.112. The number of hydrogen-bond donors (Lipinski definition) is 1. The average molecular weight is 284 g/mol. The molecule has 1 saturated heterocycles. The van der Waals surface area contributed by atoms with Gasteiger partial charge in [-0.1, -0.05) is 6.07 Å². The molecule has 1 aromatic carbocycles. The van der Waals surface area contributed by atoms with Gasteiger partial charge in [-0.15, -0.1) is 0 Å². The summed E-state index contributed by atoms with van der Waals surface area (Å²) < 4.78 is 1.66. The van der Waals surface area contributed by atoms with E-state index in [4.69, 9.17) is 0 Å². The lowest BCUT2D eigenvalue weighted by Gasteiger charge is -2.18. The molecule has 1 aliphatic rings. The maximum absolute atomic E-state index is 12.3. The standard InChI is InChI=1S/C16H20N4O/c1-12-15(11-19(2)18-12)16(21)17-13-6-5-7-14(10-13)20-8-3-4-9-20/h5-7,10-11H,3-4,8-9H2,1-2H3,(H,17,21). The molecule has 0 unspecified atom stereocenters. The summed E-state index contributed by atoms with van der Waals surface area (Å²) in [6.07, 6.45) is 4.23. The van der Waals surface area contributed by atoms with Crippen LogP contribution in [-0.2, 0) is 7.05 Å². The molecule has 5 heteroatoms. The summed E-state index contributed by atoms with van der Waals surface area (Å²) in [6.45, 7) is 4.04. The van der Waals surface area contributed by atoms with Crippen molar-refractivity contribution in [2.75, 3.05) is 23.3 Å². The van der Waals surface area contributed by atoms with Gasteiger partial charge < -0.3 is 10.2 Å². The van der Waals surface area contributed by atoms with Crippen LogP contribution >= 0.6 is 0 Å². The summed E-state index contributed by atoms with van der Waals surface area (Å²) >= 11 is 0. The monoisotopic (exact) mass is 284 g/mol. The van der Waals surface area contributed by atoms with Gasteiger partial charge in [0.25, 0.3) is 5.91 Å². The van der Waals surface area contributed by atoms with Crippen LogP contribution in [0.2, 0.25) is 0 Å². The fraction of sp³-hybridized carbons (Fsp3) is 0.375. The molecule has 0 aliphatic carbocycles. The molecule has 0 radical (unpaired) electrons. The Kier molecular flexibility index (Phi) is 3.64. The van der Waals surface area contributed by atoms with Crippen LogP contribution in [0.5, 0.6) is 0 Å². The van der Waals surface area contributed by atoms with E-state index in [1.54, 1.807) is 10.9 Å². The molecule has 0 saturated carbocycles. The number of hydrogen-bond acceptors (Lipinski definition) is 3. The Hall–Kier alpha value is -2.30. The number of aryl methyl sites for hydroxylation is 2. The smallest absolute Gasteiger partial charge is 0.259 e. The quantitative estimate of drug-likeness (QED) is 0.942. The number of rotatable bonds is 3. The number of carbonyl (C=O) groups is 1. The third kappa shape index (κ3) is 2.91. The number of aromatic nitrogens is 2. The summed E-state index contributed by atoms with van der Waals surface area (Å²) in [5, 5.41) is 7.16. The third-order valence-electron chi connectivity index (χ3n) is 3.83. The van der Waals surface area contributed by atoms with Crippen molar-refractivity contribution in [3.63, 3.8) is 0 Å². The maximum Gasteiger partial charge on any atom is 0.259 e. The number of anilines is 2. The molecule has 0 bridgehead atoms. The van der Waals surface area contributed by atoms with Gasteiger partial charge in [-0.25, -0.2) is 0 Å². The van der Waals surface area contributed by atoms with E-state index >= 15 is 0 Å². The Balaban J connectivity index is 1.77. The summed E-state index contributed by atoms with van der Waals surface area (Å²) in [7, 11) is 1.82. The minimum absolute atomic E-state index is 0.112. The summed E-state index contributed by atoms with van der Waals surface area (Å²) in [5.41, 5.74) is 3.36. The van der Waals surface area contributed by atoms with Crippen molar-refractivity contribution >= 4 is 17.3 Å². The first-order chi connectivity index (χ1) is 10.1. The van der Waals surface area contributed by atoms with Gasteiger partial charge in [0.15, 0.2) is 0 Å². The van der Waals surface area contributed by atoms with Crippen molar-refractivity contribution < 1.29 is 4.79 Å². The number of carbonyl (C=O) groups excluding carboxylic acids is 1. The normalized spacial score (nSPS) is 14.5. The van der Waals surface area contributed by atoms with Gasteiger partial charge in [-0.2, -0.15) is 5.10 Å². The van der Waals surface area contributed by atoms with Crippen molar-refractivity contribution in [3.05, 3.63) is 41.7 Å². The van der Waals surface area contributed by atoms with Crippen LogP contribution in [0.4, 0.5) is 11.4 Å². The first-order valence-electron chi connectivity index (χ1n) is 7.30. The van der Waals surface area contributed by atoms with E-state index in [0.29, 0.717) is 5.56 Å². The zero-order valence-electron chi connectivity index (χ0n) is 12.5. The van der Waals surface area contributed by atoms with Crippen LogP contribution in [0.3, 0.4) is 0 Å². The molecule has 1 amide bonds. The molecule has 21 heavy (non-hydrogen) atoms. The van der Waals surface area contributed by atoms with Gasteiger partial charge in [-0.3, -0.25) is 9.48 Å². The van der Waals surface area contributed by atoms with Crippen LogP contribution in [0.25, 0.3) is 0 Å². The number of amides is 1. The van der Waals surface area contributed by atoms with Gasteiger partial charge in [0.2, 0.25) is 0 Å². The van der Waals surface area contributed by atoms with Crippen molar-refractivity contribution in [2.24, 2.45) is 7.05 Å². The second kappa shape index (κ2) is 5.60. The third-order valence-corrected chi connectivity index (χ3v) is 3.83. The minimum atomic E-state index is -0.112. The van der Waals surface area contributed by atoms with Crippen LogP contribution in [-0.4, -0.2) is 28.8 Å². The highest BCUT2D eigenvalue weighted by Gasteiger charge is 2.15. The van der Waals surface area contributed by atoms with Crippen LogP contribution in [0.1, 0.15) is 28.9 Å². The highest BCUT2D eigenvalue weighted by Crippen LogP contribution is 2.23. The molecule has 5 nitrogen and oxygen atoms in total. The van der Waals surface area contributed by atoms with Gasteiger partial charge >= 0.3 is 0 Å². The highest BCUT2D eigenvalue weighted by molar-refractivity contribution is 6.05. The second-order valence-corrected chi connectivity index (χ2v) is 5.50. The Bertz CT molecular complexity index is 656. The molecule has 3 rings (SSSR count). The predicted molar refractivity (Wildman–Crippen MR) is 83.8 cm³/mol. The largest absolute Gasteiger partial charge is 0.371 e.